The van der Waals surface area contributed by atoms with Gasteiger partial charge in [-0.1, -0.05) is 36.0 Å². The number of carboxylic acids is 1. The van der Waals surface area contributed by atoms with E-state index in [2.05, 4.69) is 39.1 Å². The Hall–Kier alpha value is -1.57. The third-order valence-corrected chi connectivity index (χ3v) is 5.99. The molecule has 126 valence electrons. The fraction of sp³-hybridized carbons (Fsp3) is 0.312. The van der Waals surface area contributed by atoms with Gasteiger partial charge in [0.25, 0.3) is 0 Å². The van der Waals surface area contributed by atoms with Crippen LogP contribution in [0.4, 0.5) is 5.13 Å². The van der Waals surface area contributed by atoms with Gasteiger partial charge in [-0.2, -0.15) is 4.99 Å². The summed E-state index contributed by atoms with van der Waals surface area (Å²) >= 11 is 3.16. The maximum absolute atomic E-state index is 10.7. The Morgan fingerprint density at radius 2 is 2.17 bits per heavy atom. The van der Waals surface area contributed by atoms with Crippen LogP contribution >= 0.6 is 35.5 Å². The summed E-state index contributed by atoms with van der Waals surface area (Å²) < 4.78 is 0. The van der Waals surface area contributed by atoms with Crippen molar-refractivity contribution in [2.24, 2.45) is 4.99 Å². The molecule has 3 heterocycles. The summed E-state index contributed by atoms with van der Waals surface area (Å²) in [5.74, 6) is 0.179. The molecule has 5 nitrogen and oxygen atoms in total. The minimum Gasteiger partial charge on any atom is -0.481 e. The Morgan fingerprint density at radius 3 is 2.96 bits per heavy atom. The van der Waals surface area contributed by atoms with Gasteiger partial charge in [0.15, 0.2) is 5.17 Å². The minimum atomic E-state index is -0.863. The van der Waals surface area contributed by atoms with Gasteiger partial charge >= 0.3 is 5.97 Å². The molecule has 0 bridgehead atoms. The van der Waals surface area contributed by atoms with Crippen molar-refractivity contribution in [3.05, 3.63) is 46.5 Å². The van der Waals surface area contributed by atoms with E-state index >= 15 is 0 Å². The van der Waals surface area contributed by atoms with E-state index in [0.717, 1.165) is 23.9 Å². The predicted molar refractivity (Wildman–Crippen MR) is 99.7 cm³/mol. The number of aromatic nitrogens is 1. The lowest BCUT2D eigenvalue weighted by molar-refractivity contribution is -0.136. The molecule has 8 heteroatoms. The van der Waals surface area contributed by atoms with E-state index in [4.69, 9.17) is 5.11 Å². The zero-order valence-corrected chi connectivity index (χ0v) is 15.2. The third kappa shape index (κ3) is 3.43. The van der Waals surface area contributed by atoms with E-state index in [1.165, 1.54) is 22.5 Å². The first-order valence-electron chi connectivity index (χ1n) is 7.40. The first kappa shape index (κ1) is 17.3. The number of thiazole rings is 1. The highest BCUT2D eigenvalue weighted by Crippen LogP contribution is 2.35. The average Bonchev–Trinajstić information content (AvgIpc) is 3.12. The second-order valence-electron chi connectivity index (χ2n) is 5.65. The molecule has 1 aromatic carbocycles. The van der Waals surface area contributed by atoms with Gasteiger partial charge in [0, 0.05) is 23.7 Å². The minimum absolute atomic E-state index is 0. The predicted octanol–water partition coefficient (Wildman–Crippen LogP) is 3.35. The lowest BCUT2D eigenvalue weighted by Gasteiger charge is -2.32. The van der Waals surface area contributed by atoms with Crippen molar-refractivity contribution < 1.29 is 9.90 Å². The molecule has 0 saturated carbocycles. The van der Waals surface area contributed by atoms with Crippen molar-refractivity contribution in [3.63, 3.8) is 0 Å². The second-order valence-corrected chi connectivity index (χ2v) is 7.48. The summed E-state index contributed by atoms with van der Waals surface area (Å²) in [6.45, 7) is 0.889. The first-order chi connectivity index (χ1) is 11.2. The van der Waals surface area contributed by atoms with Gasteiger partial charge < -0.3 is 10.0 Å². The molecule has 0 spiro atoms. The van der Waals surface area contributed by atoms with Crippen LogP contribution in [0.2, 0.25) is 0 Å². The monoisotopic (exact) mass is 381 g/mol. The van der Waals surface area contributed by atoms with Crippen LogP contribution in [0.25, 0.3) is 0 Å². The number of fused-ring (bicyclic) bond motifs is 2. The average molecular weight is 382 g/mol. The maximum Gasteiger partial charge on any atom is 0.309 e. The molecule has 4 rings (SSSR count). The number of amidine groups is 1. The zero-order valence-electron chi connectivity index (χ0n) is 12.7. The lowest BCUT2D eigenvalue weighted by Crippen LogP contribution is -2.38. The summed E-state index contributed by atoms with van der Waals surface area (Å²) in [7, 11) is 0. The Labute approximate surface area is 154 Å². The molecule has 2 aromatic rings. The molecule has 1 atom stereocenters. The highest BCUT2D eigenvalue weighted by Gasteiger charge is 2.34. The number of carboxylic acid groups (broad SMARTS) is 1. The quantitative estimate of drug-likeness (QED) is 0.883. The number of hydrogen-bond acceptors (Lipinski definition) is 5. The maximum atomic E-state index is 10.7. The van der Waals surface area contributed by atoms with Crippen molar-refractivity contribution in [1.82, 2.24) is 9.88 Å². The summed E-state index contributed by atoms with van der Waals surface area (Å²) in [6.07, 6.45) is 1.01. The number of rotatable bonds is 3. The molecule has 0 aliphatic carbocycles. The number of aliphatic carboxylic acids is 1. The fourth-order valence-electron chi connectivity index (χ4n) is 2.98. The van der Waals surface area contributed by atoms with Crippen molar-refractivity contribution in [3.8, 4) is 0 Å². The topological polar surface area (TPSA) is 65.8 Å². The molecular weight excluding hydrogens is 366 g/mol. The molecule has 1 saturated heterocycles. The first-order valence-corrected chi connectivity index (χ1v) is 9.26. The van der Waals surface area contributed by atoms with Gasteiger partial charge in [-0.05, 0) is 17.5 Å². The van der Waals surface area contributed by atoms with Crippen molar-refractivity contribution >= 4 is 51.8 Å². The largest absolute Gasteiger partial charge is 0.481 e. The van der Waals surface area contributed by atoms with Crippen LogP contribution in [0.5, 0.6) is 0 Å². The highest BCUT2D eigenvalue weighted by atomic mass is 35.5. The van der Waals surface area contributed by atoms with Crippen LogP contribution in [0.1, 0.15) is 16.8 Å². The Balaban J connectivity index is 0.00000169. The van der Waals surface area contributed by atoms with Gasteiger partial charge in [-0.3, -0.25) is 4.79 Å². The number of thioether (sulfide) groups is 1. The standard InChI is InChI=1S/C16H15N3O2S2.ClH/c20-14(21)6-12-8-22-15(17-12)18-16-19-7-11-4-2-1-3-10(11)5-13(19)9-23-16;/h1-4,8,13H,5-7,9H2,(H,20,21);1H/t13-;/m0./s1. The van der Waals surface area contributed by atoms with E-state index < -0.39 is 5.97 Å². The molecule has 1 fully saturated rings. The smallest absolute Gasteiger partial charge is 0.309 e. The van der Waals surface area contributed by atoms with Crippen LogP contribution < -0.4 is 0 Å². The highest BCUT2D eigenvalue weighted by molar-refractivity contribution is 8.14. The summed E-state index contributed by atoms with van der Waals surface area (Å²) in [4.78, 5) is 22.1. The van der Waals surface area contributed by atoms with Gasteiger partial charge in [-0.15, -0.1) is 23.7 Å². The van der Waals surface area contributed by atoms with Crippen molar-refractivity contribution in [1.29, 1.82) is 0 Å². The summed E-state index contributed by atoms with van der Waals surface area (Å²) in [6, 6.07) is 9.07. The number of halogens is 1. The Morgan fingerprint density at radius 1 is 1.38 bits per heavy atom. The van der Waals surface area contributed by atoms with E-state index in [0.29, 0.717) is 16.9 Å². The zero-order chi connectivity index (χ0) is 15.8. The van der Waals surface area contributed by atoms with E-state index in [9.17, 15) is 4.79 Å². The molecule has 0 radical (unpaired) electrons. The molecule has 2 aliphatic heterocycles. The van der Waals surface area contributed by atoms with Crippen LogP contribution in [0.3, 0.4) is 0 Å². The Kier molecular flexibility index (Phi) is 5.12. The van der Waals surface area contributed by atoms with Crippen LogP contribution in [0.15, 0.2) is 34.6 Å². The van der Waals surface area contributed by atoms with Gasteiger partial charge in [0.1, 0.15) is 0 Å². The van der Waals surface area contributed by atoms with Crippen LogP contribution in [-0.4, -0.2) is 37.9 Å². The number of nitrogens with zero attached hydrogens (tertiary/aromatic N) is 3. The number of carbonyl (C=O) groups is 1. The lowest BCUT2D eigenvalue weighted by atomic mass is 9.95. The SMILES string of the molecule is Cl.O=C(O)Cc1csc(N=C2SC[C@@H]3Cc4ccccc4CN23)n1. The van der Waals surface area contributed by atoms with Crippen molar-refractivity contribution in [2.75, 3.05) is 5.75 Å². The molecule has 2 aliphatic rings. The normalized spacial score (nSPS) is 20.4. The molecule has 1 N–H and O–H groups in total. The number of benzene rings is 1. The van der Waals surface area contributed by atoms with Crippen LogP contribution in [-0.2, 0) is 24.2 Å². The van der Waals surface area contributed by atoms with E-state index in [-0.39, 0.29) is 18.8 Å². The molecule has 0 unspecified atom stereocenters. The van der Waals surface area contributed by atoms with Crippen molar-refractivity contribution in [2.45, 2.75) is 25.4 Å². The van der Waals surface area contributed by atoms with E-state index in [1.54, 1.807) is 17.1 Å². The summed E-state index contributed by atoms with van der Waals surface area (Å²) in [5, 5.41) is 12.2. The molecular formula is C16H16ClN3O2S2. The van der Waals surface area contributed by atoms with E-state index in [1.807, 2.05) is 0 Å². The van der Waals surface area contributed by atoms with Crippen LogP contribution in [0, 0.1) is 0 Å². The fourth-order valence-corrected chi connectivity index (χ4v) is 4.89. The number of aliphatic imine (C=N–C) groups is 1. The number of hydrogen-bond donors (Lipinski definition) is 1. The molecule has 24 heavy (non-hydrogen) atoms. The van der Waals surface area contributed by atoms with Gasteiger partial charge in [0.2, 0.25) is 5.13 Å². The molecule has 1 aromatic heterocycles. The Bertz CT molecular complexity index is 793. The summed E-state index contributed by atoms with van der Waals surface area (Å²) in [5.41, 5.74) is 3.38. The van der Waals surface area contributed by atoms with Gasteiger partial charge in [0.05, 0.1) is 12.1 Å². The van der Waals surface area contributed by atoms with Gasteiger partial charge in [-0.25, -0.2) is 4.98 Å². The third-order valence-electron chi connectivity index (χ3n) is 4.07. The second kappa shape index (κ2) is 7.13. The molecule has 0 amide bonds.